The van der Waals surface area contributed by atoms with Crippen molar-refractivity contribution >= 4 is 7.74 Å². The molecule has 84 valence electrons. The minimum absolute atomic E-state index is 0.0625. The first-order valence-electron chi connectivity index (χ1n) is 4.76. The molecule has 0 radical (unpaired) electrons. The zero-order valence-electron chi connectivity index (χ0n) is 8.76. The van der Waals surface area contributed by atoms with Crippen LogP contribution in [0, 0.1) is 0 Å². The summed E-state index contributed by atoms with van der Waals surface area (Å²) in [4.78, 5) is 0. The van der Waals surface area contributed by atoms with Crippen molar-refractivity contribution < 1.29 is 22.6 Å². The monoisotopic (exact) mass is 224 g/mol. The van der Waals surface area contributed by atoms with Gasteiger partial charge in [0.2, 0.25) is 0 Å². The van der Waals surface area contributed by atoms with Crippen LogP contribution in [0.3, 0.4) is 0 Å². The third-order valence-corrected chi connectivity index (χ3v) is 5.92. The first kappa shape index (κ1) is 10.7. The first-order chi connectivity index (χ1) is 6.67. The van der Waals surface area contributed by atoms with Crippen molar-refractivity contribution in [1.29, 1.82) is 0 Å². The van der Waals surface area contributed by atoms with Gasteiger partial charge in [0.1, 0.15) is 0 Å². The average molecular weight is 224 g/mol. The van der Waals surface area contributed by atoms with Crippen LogP contribution in [-0.2, 0) is 22.6 Å². The van der Waals surface area contributed by atoms with Crippen molar-refractivity contribution in [2.75, 3.05) is 21.3 Å². The van der Waals surface area contributed by atoms with Gasteiger partial charge in [0.05, 0.1) is 0 Å². The van der Waals surface area contributed by atoms with E-state index in [4.69, 9.17) is 22.6 Å². The van der Waals surface area contributed by atoms with Crippen molar-refractivity contribution in [2.24, 2.45) is 0 Å². The van der Waals surface area contributed by atoms with E-state index in [0.717, 1.165) is 19.3 Å². The summed E-state index contributed by atoms with van der Waals surface area (Å²) in [6.07, 6.45) is 3.22. The molecule has 0 aromatic carbocycles. The third-order valence-electron chi connectivity index (χ3n) is 2.90. The van der Waals surface area contributed by atoms with E-state index in [1.165, 1.54) is 21.3 Å². The molecule has 2 atom stereocenters. The normalized spacial score (nSPS) is 41.5. The van der Waals surface area contributed by atoms with Gasteiger partial charge in [-0.05, 0) is 0 Å². The van der Waals surface area contributed by atoms with Gasteiger partial charge in [-0.25, -0.2) is 0 Å². The van der Waals surface area contributed by atoms with E-state index in [1.54, 1.807) is 0 Å². The predicted octanol–water partition coefficient (Wildman–Crippen LogP) is 2.02. The quantitative estimate of drug-likeness (QED) is 0.686. The summed E-state index contributed by atoms with van der Waals surface area (Å²) in [5.41, 5.74) is 0. The van der Waals surface area contributed by atoms with E-state index in [2.05, 4.69) is 0 Å². The van der Waals surface area contributed by atoms with E-state index < -0.39 is 7.74 Å². The van der Waals surface area contributed by atoms with Crippen LogP contribution in [0.4, 0.5) is 0 Å². The van der Waals surface area contributed by atoms with Crippen LogP contribution >= 0.6 is 7.74 Å². The molecule has 1 aliphatic carbocycles. The number of fused-ring (bicyclic) bond motifs is 1. The SMILES string of the molecule is COP1(OC)(OC)OC2CCCC2O1. The molecular formula is C8H17O5P. The Morgan fingerprint density at radius 3 is 1.71 bits per heavy atom. The van der Waals surface area contributed by atoms with Gasteiger partial charge < -0.3 is 0 Å². The molecule has 1 saturated heterocycles. The van der Waals surface area contributed by atoms with Crippen LogP contribution < -0.4 is 0 Å². The van der Waals surface area contributed by atoms with Crippen molar-refractivity contribution in [3.8, 4) is 0 Å². The Bertz CT molecular complexity index is 203. The number of rotatable bonds is 3. The zero-order chi connectivity index (χ0) is 10.3. The van der Waals surface area contributed by atoms with Gasteiger partial charge in [-0.3, -0.25) is 0 Å². The molecule has 2 aliphatic rings. The van der Waals surface area contributed by atoms with Gasteiger partial charge in [0.25, 0.3) is 0 Å². The van der Waals surface area contributed by atoms with Crippen LogP contribution in [0.5, 0.6) is 0 Å². The Kier molecular flexibility index (Phi) is 2.59. The topological polar surface area (TPSA) is 46.2 Å². The van der Waals surface area contributed by atoms with Crippen LogP contribution in [0.25, 0.3) is 0 Å². The standard InChI is InChI=1S/C8H17O5P/c1-9-14(10-2,11-3)12-7-5-4-6-8(7)13-14/h7-8H,4-6H2,1-3H3. The fourth-order valence-electron chi connectivity index (χ4n) is 2.08. The second kappa shape index (κ2) is 3.37. The molecule has 5 nitrogen and oxygen atoms in total. The Morgan fingerprint density at radius 2 is 1.36 bits per heavy atom. The van der Waals surface area contributed by atoms with E-state index in [0.29, 0.717) is 0 Å². The summed E-state index contributed by atoms with van der Waals surface area (Å²) in [5.74, 6) is 0. The summed E-state index contributed by atoms with van der Waals surface area (Å²) in [6.45, 7) is 0. The third kappa shape index (κ3) is 1.32. The molecule has 0 bridgehead atoms. The van der Waals surface area contributed by atoms with Gasteiger partial charge in [-0.1, -0.05) is 0 Å². The van der Waals surface area contributed by atoms with E-state index in [1.807, 2.05) is 0 Å². The Balaban J connectivity index is 2.23. The molecule has 0 aromatic heterocycles. The molecule has 2 rings (SSSR count). The maximum absolute atomic E-state index is 5.75. The van der Waals surface area contributed by atoms with Crippen LogP contribution in [0.15, 0.2) is 0 Å². The molecule has 2 unspecified atom stereocenters. The molecule has 6 heteroatoms. The number of hydrogen-bond acceptors (Lipinski definition) is 5. The molecule has 14 heavy (non-hydrogen) atoms. The Labute approximate surface area is 84.0 Å². The van der Waals surface area contributed by atoms with Crippen molar-refractivity contribution in [3.05, 3.63) is 0 Å². The molecule has 1 saturated carbocycles. The van der Waals surface area contributed by atoms with Gasteiger partial charge in [-0.2, -0.15) is 0 Å². The van der Waals surface area contributed by atoms with Gasteiger partial charge in [-0.15, -0.1) is 0 Å². The first-order valence-corrected chi connectivity index (χ1v) is 6.58. The zero-order valence-corrected chi connectivity index (χ0v) is 9.66. The predicted molar refractivity (Wildman–Crippen MR) is 51.5 cm³/mol. The average Bonchev–Trinajstić information content (AvgIpc) is 2.75. The van der Waals surface area contributed by atoms with Crippen molar-refractivity contribution in [3.63, 3.8) is 0 Å². The fourth-order valence-corrected chi connectivity index (χ4v) is 4.46. The summed E-state index contributed by atoms with van der Waals surface area (Å²) < 4.78 is 27.3. The molecule has 0 aromatic rings. The van der Waals surface area contributed by atoms with Gasteiger partial charge >= 0.3 is 83.2 Å². The summed E-state index contributed by atoms with van der Waals surface area (Å²) in [6, 6.07) is 0. The van der Waals surface area contributed by atoms with Crippen molar-refractivity contribution in [1.82, 2.24) is 0 Å². The molecular weight excluding hydrogens is 207 g/mol. The summed E-state index contributed by atoms with van der Waals surface area (Å²) >= 11 is 0. The summed E-state index contributed by atoms with van der Waals surface area (Å²) in [5, 5.41) is 0. The second-order valence-electron chi connectivity index (χ2n) is 3.51. The Morgan fingerprint density at radius 1 is 0.929 bits per heavy atom. The van der Waals surface area contributed by atoms with E-state index >= 15 is 0 Å². The molecule has 1 aliphatic heterocycles. The van der Waals surface area contributed by atoms with Crippen LogP contribution in [0.2, 0.25) is 0 Å². The fraction of sp³-hybridized carbons (Fsp3) is 1.00. The van der Waals surface area contributed by atoms with Crippen LogP contribution in [-0.4, -0.2) is 33.5 Å². The molecule has 2 fully saturated rings. The van der Waals surface area contributed by atoms with E-state index in [9.17, 15) is 0 Å². The molecule has 1 heterocycles. The van der Waals surface area contributed by atoms with E-state index in [-0.39, 0.29) is 12.2 Å². The maximum atomic E-state index is 5.75. The Hall–Kier alpha value is 0.230. The molecule has 0 amide bonds. The number of hydrogen-bond donors (Lipinski definition) is 0. The summed E-state index contributed by atoms with van der Waals surface area (Å²) in [7, 11) is 0.805. The minimum atomic E-state index is -3.67. The van der Waals surface area contributed by atoms with Gasteiger partial charge in [0, 0.05) is 0 Å². The van der Waals surface area contributed by atoms with Crippen molar-refractivity contribution in [2.45, 2.75) is 31.5 Å². The molecule has 0 spiro atoms. The molecule has 0 N–H and O–H groups in total. The van der Waals surface area contributed by atoms with Gasteiger partial charge in [0.15, 0.2) is 0 Å². The van der Waals surface area contributed by atoms with Crippen LogP contribution in [0.1, 0.15) is 19.3 Å². The second-order valence-corrected chi connectivity index (χ2v) is 6.52.